The number of aryl methyl sites for hydroxylation is 1. The Labute approximate surface area is 176 Å². The van der Waals surface area contributed by atoms with Crippen LogP contribution in [-0.4, -0.2) is 42.1 Å². The number of methoxy groups -OCH3 is 1. The van der Waals surface area contributed by atoms with Crippen LogP contribution in [0.15, 0.2) is 59.4 Å². The third-order valence-corrected chi connectivity index (χ3v) is 5.91. The number of aromatic nitrogens is 1. The van der Waals surface area contributed by atoms with Crippen LogP contribution >= 0.6 is 0 Å². The lowest BCUT2D eigenvalue weighted by Crippen LogP contribution is -2.37. The summed E-state index contributed by atoms with van der Waals surface area (Å²) < 4.78 is 6.96. The zero-order valence-electron chi connectivity index (χ0n) is 17.4. The number of carbonyl (C=O) groups excluding carboxylic acids is 1. The lowest BCUT2D eigenvalue weighted by atomic mass is 10.0. The number of rotatable bonds is 6. The molecule has 3 aromatic rings. The highest BCUT2D eigenvalue weighted by atomic mass is 16.5. The quantitative estimate of drug-likeness (QED) is 0.685. The molecular formula is C24H27N3O3. The van der Waals surface area contributed by atoms with E-state index in [-0.39, 0.29) is 17.5 Å². The second-order valence-corrected chi connectivity index (χ2v) is 7.72. The fraction of sp³-hybridized carbons (Fsp3) is 0.333. The number of carbonyl (C=O) groups is 1. The van der Waals surface area contributed by atoms with Crippen LogP contribution < -0.4 is 15.6 Å². The molecule has 1 amide bonds. The first-order valence-corrected chi connectivity index (χ1v) is 10.3. The number of likely N-dealkylation sites (tertiary alicyclic amines) is 1. The third-order valence-electron chi connectivity index (χ3n) is 5.91. The number of nitrogens with one attached hydrogen (secondary N) is 1. The fourth-order valence-electron chi connectivity index (χ4n) is 4.24. The molecule has 1 aliphatic rings. The van der Waals surface area contributed by atoms with Crippen molar-refractivity contribution in [2.24, 2.45) is 7.05 Å². The van der Waals surface area contributed by atoms with Gasteiger partial charge in [0.2, 0.25) is 0 Å². The average Bonchev–Trinajstić information content (AvgIpc) is 3.31. The summed E-state index contributed by atoms with van der Waals surface area (Å²) in [7, 11) is 3.38. The molecule has 0 saturated carbocycles. The molecule has 0 radical (unpaired) electrons. The first kappa shape index (κ1) is 20.2. The SMILES string of the molecule is COc1cccc(C(CNC(=O)c2cc(=O)n(C)c3ccccc23)N2CCCC2)c1. The highest BCUT2D eigenvalue weighted by molar-refractivity contribution is 6.06. The van der Waals surface area contributed by atoms with Crippen LogP contribution in [0, 0.1) is 0 Å². The van der Waals surface area contributed by atoms with Crippen molar-refractivity contribution in [3.8, 4) is 5.75 Å². The second kappa shape index (κ2) is 8.71. The van der Waals surface area contributed by atoms with Crippen LogP contribution in [0.5, 0.6) is 5.75 Å². The van der Waals surface area contributed by atoms with E-state index < -0.39 is 0 Å². The van der Waals surface area contributed by atoms with Crippen LogP contribution in [0.25, 0.3) is 10.9 Å². The number of hydrogen-bond acceptors (Lipinski definition) is 4. The van der Waals surface area contributed by atoms with Gasteiger partial charge >= 0.3 is 0 Å². The van der Waals surface area contributed by atoms with E-state index in [4.69, 9.17) is 4.74 Å². The first-order chi connectivity index (χ1) is 14.6. The molecule has 1 N–H and O–H groups in total. The number of fused-ring (bicyclic) bond motifs is 1. The van der Waals surface area contributed by atoms with E-state index >= 15 is 0 Å². The molecule has 6 nitrogen and oxygen atoms in total. The van der Waals surface area contributed by atoms with Gasteiger partial charge in [0.1, 0.15) is 5.75 Å². The summed E-state index contributed by atoms with van der Waals surface area (Å²) >= 11 is 0. The summed E-state index contributed by atoms with van der Waals surface area (Å²) in [4.78, 5) is 27.9. The van der Waals surface area contributed by atoms with Crippen LogP contribution in [-0.2, 0) is 7.05 Å². The molecule has 30 heavy (non-hydrogen) atoms. The summed E-state index contributed by atoms with van der Waals surface area (Å²) in [6.07, 6.45) is 2.32. The van der Waals surface area contributed by atoms with Gasteiger partial charge in [0.05, 0.1) is 24.2 Å². The Kier molecular flexibility index (Phi) is 5.86. The van der Waals surface area contributed by atoms with Crippen LogP contribution in [0.2, 0.25) is 0 Å². The number of ether oxygens (including phenoxy) is 1. The Balaban J connectivity index is 1.61. The van der Waals surface area contributed by atoms with Crippen LogP contribution in [0.3, 0.4) is 0 Å². The molecule has 156 valence electrons. The zero-order valence-corrected chi connectivity index (χ0v) is 17.4. The molecule has 4 rings (SSSR count). The van der Waals surface area contributed by atoms with E-state index in [0.29, 0.717) is 12.1 Å². The molecule has 2 aromatic carbocycles. The molecule has 1 atom stereocenters. The maximum Gasteiger partial charge on any atom is 0.252 e. The van der Waals surface area contributed by atoms with E-state index in [9.17, 15) is 9.59 Å². The minimum Gasteiger partial charge on any atom is -0.497 e. The minimum absolute atomic E-state index is 0.0596. The smallest absolute Gasteiger partial charge is 0.252 e. The van der Waals surface area contributed by atoms with Gasteiger partial charge in [-0.25, -0.2) is 0 Å². The molecule has 1 fully saturated rings. The van der Waals surface area contributed by atoms with Crippen molar-refractivity contribution in [1.82, 2.24) is 14.8 Å². The van der Waals surface area contributed by atoms with Crippen molar-refractivity contribution in [3.05, 3.63) is 76.1 Å². The third kappa shape index (κ3) is 3.96. The molecule has 0 bridgehead atoms. The monoisotopic (exact) mass is 405 g/mol. The van der Waals surface area contributed by atoms with Crippen molar-refractivity contribution in [3.63, 3.8) is 0 Å². The molecule has 1 unspecified atom stereocenters. The number of para-hydroxylation sites is 1. The maximum absolute atomic E-state index is 13.1. The van der Waals surface area contributed by atoms with Gasteiger partial charge in [-0.15, -0.1) is 0 Å². The Hall–Kier alpha value is -3.12. The summed E-state index contributed by atoms with van der Waals surface area (Å²) in [6.45, 7) is 2.48. The Morgan fingerprint density at radius 2 is 1.87 bits per heavy atom. The summed E-state index contributed by atoms with van der Waals surface area (Å²) in [5.41, 5.74) is 2.09. The average molecular weight is 405 g/mol. The fourth-order valence-corrected chi connectivity index (χ4v) is 4.24. The standard InChI is InChI=1S/C24H27N3O3/c1-26-21-11-4-3-10-19(21)20(15-23(26)28)24(29)25-16-22(27-12-5-6-13-27)17-8-7-9-18(14-17)30-2/h3-4,7-11,14-15,22H,5-6,12-13,16H2,1-2H3,(H,25,29). The van der Waals surface area contributed by atoms with Gasteiger partial charge in [-0.3, -0.25) is 14.5 Å². The van der Waals surface area contributed by atoms with Crippen molar-refractivity contribution in [1.29, 1.82) is 0 Å². The number of pyridine rings is 1. The molecular weight excluding hydrogens is 378 g/mol. The van der Waals surface area contributed by atoms with Crippen molar-refractivity contribution < 1.29 is 9.53 Å². The van der Waals surface area contributed by atoms with Gasteiger partial charge in [-0.05, 0) is 49.7 Å². The first-order valence-electron chi connectivity index (χ1n) is 10.3. The number of benzene rings is 2. The lowest BCUT2D eigenvalue weighted by Gasteiger charge is -2.28. The van der Waals surface area contributed by atoms with Gasteiger partial charge in [-0.1, -0.05) is 30.3 Å². The summed E-state index contributed by atoms with van der Waals surface area (Å²) in [6, 6.07) is 17.0. The second-order valence-electron chi connectivity index (χ2n) is 7.72. The summed E-state index contributed by atoms with van der Waals surface area (Å²) in [5, 5.41) is 3.86. The highest BCUT2D eigenvalue weighted by Gasteiger charge is 2.25. The molecule has 2 heterocycles. The molecule has 1 aliphatic heterocycles. The maximum atomic E-state index is 13.1. The normalized spacial score (nSPS) is 15.3. The van der Waals surface area contributed by atoms with Crippen molar-refractivity contribution >= 4 is 16.8 Å². The van der Waals surface area contributed by atoms with E-state index in [1.54, 1.807) is 18.7 Å². The Morgan fingerprint density at radius 1 is 1.10 bits per heavy atom. The van der Waals surface area contributed by atoms with Gasteiger partial charge < -0.3 is 14.6 Å². The van der Waals surface area contributed by atoms with E-state index in [1.807, 2.05) is 42.5 Å². The van der Waals surface area contributed by atoms with Crippen molar-refractivity contribution in [2.45, 2.75) is 18.9 Å². The van der Waals surface area contributed by atoms with Gasteiger partial charge in [0.25, 0.3) is 11.5 Å². The number of hydrogen-bond donors (Lipinski definition) is 1. The van der Waals surface area contributed by atoms with Gasteiger partial charge in [0, 0.05) is 25.0 Å². The highest BCUT2D eigenvalue weighted by Crippen LogP contribution is 2.27. The minimum atomic E-state index is -0.226. The predicted molar refractivity (Wildman–Crippen MR) is 118 cm³/mol. The number of nitrogens with zero attached hydrogens (tertiary/aromatic N) is 2. The molecule has 6 heteroatoms. The summed E-state index contributed by atoms with van der Waals surface area (Å²) in [5.74, 6) is 0.580. The zero-order chi connectivity index (χ0) is 21.1. The van der Waals surface area contributed by atoms with Gasteiger partial charge in [0.15, 0.2) is 0 Å². The predicted octanol–water partition coefficient (Wildman–Crippen LogP) is 3.11. The van der Waals surface area contributed by atoms with E-state index in [2.05, 4.69) is 16.3 Å². The molecule has 0 spiro atoms. The number of amides is 1. The van der Waals surface area contributed by atoms with E-state index in [0.717, 1.165) is 48.1 Å². The Morgan fingerprint density at radius 3 is 2.63 bits per heavy atom. The lowest BCUT2D eigenvalue weighted by molar-refractivity contribution is 0.0939. The topological polar surface area (TPSA) is 63.6 Å². The molecule has 0 aliphatic carbocycles. The van der Waals surface area contributed by atoms with Crippen LogP contribution in [0.1, 0.15) is 34.8 Å². The van der Waals surface area contributed by atoms with Crippen molar-refractivity contribution in [2.75, 3.05) is 26.7 Å². The molecule has 1 aromatic heterocycles. The van der Waals surface area contributed by atoms with E-state index in [1.165, 1.54) is 6.07 Å². The van der Waals surface area contributed by atoms with Crippen LogP contribution in [0.4, 0.5) is 0 Å². The Bertz CT molecular complexity index is 1120. The largest absolute Gasteiger partial charge is 0.497 e. The molecule has 1 saturated heterocycles. The van der Waals surface area contributed by atoms with Gasteiger partial charge in [-0.2, -0.15) is 0 Å².